The number of aromatic nitrogens is 2. The third-order valence-electron chi connectivity index (χ3n) is 3.81. The Morgan fingerprint density at radius 1 is 1.38 bits per heavy atom. The van der Waals surface area contributed by atoms with E-state index in [0.29, 0.717) is 0 Å². The fraction of sp³-hybridized carbons (Fsp3) is 0.600. The van der Waals surface area contributed by atoms with Crippen molar-refractivity contribution in [2.45, 2.75) is 31.4 Å². The topological polar surface area (TPSA) is 300 Å². The van der Waals surface area contributed by atoms with E-state index < -0.39 is 65.7 Å². The molecule has 1 aliphatic rings. The number of phosphoric acid groups is 2. The highest BCUT2D eigenvalue weighted by atomic mass is 31.3. The molecule has 1 aliphatic heterocycles. The van der Waals surface area contributed by atoms with Crippen LogP contribution in [0.15, 0.2) is 20.9 Å². The Morgan fingerprint density at radius 2 is 2.00 bits per heavy atom. The van der Waals surface area contributed by atoms with Gasteiger partial charge in [-0.3, -0.25) is 18.9 Å². The van der Waals surface area contributed by atoms with Gasteiger partial charge in [0.25, 0.3) is 5.56 Å². The molecule has 1 fully saturated rings. The van der Waals surface area contributed by atoms with Gasteiger partial charge in [0.2, 0.25) is 0 Å². The molecule has 180 valence electrons. The largest absolute Gasteiger partial charge is 0.488 e. The van der Waals surface area contributed by atoms with Gasteiger partial charge >= 0.3 is 29.1 Å². The first-order valence-corrected chi connectivity index (χ1v) is 12.7. The summed E-state index contributed by atoms with van der Waals surface area (Å²) in [5.41, 5.74) is 4.79. The first kappa shape index (κ1) is 26.6. The normalized spacial score (nSPS) is 27.3. The number of aryl methyl sites for hydroxylation is 1. The lowest BCUT2D eigenvalue weighted by Crippen LogP contribution is -2.38. The lowest BCUT2D eigenvalue weighted by molar-refractivity contribution is -0.0770. The fourth-order valence-electron chi connectivity index (χ4n) is 2.54. The van der Waals surface area contributed by atoms with Crippen LogP contribution >= 0.6 is 23.4 Å². The summed E-state index contributed by atoms with van der Waals surface area (Å²) in [7, 11) is -16.3. The number of nitrogens with one attached hydrogen (secondary N) is 2. The summed E-state index contributed by atoms with van der Waals surface area (Å²) in [5, 5.41) is 21.1. The highest BCUT2D eigenvalue weighted by Gasteiger charge is 2.49. The molecule has 7 N–H and O–H groups in total. The molecule has 0 aromatic carbocycles. The summed E-state index contributed by atoms with van der Waals surface area (Å²) < 4.78 is 40.3. The number of nitrogens with zero attached hydrogens (tertiary/aromatic N) is 4. The minimum absolute atomic E-state index is 0.101. The number of rotatable bonds is 9. The molecule has 5 atom stereocenters. The first-order chi connectivity index (χ1) is 14.5. The maximum Gasteiger partial charge on any atom is 0.488 e. The second-order valence-electron chi connectivity index (χ2n) is 6.27. The number of hydrogen-bond acceptors (Lipinski definition) is 11. The predicted molar refractivity (Wildman–Crippen MR) is 101 cm³/mol. The van der Waals surface area contributed by atoms with Crippen molar-refractivity contribution < 1.29 is 51.7 Å². The summed E-state index contributed by atoms with van der Waals surface area (Å²) >= 11 is 0. The van der Waals surface area contributed by atoms with Gasteiger partial charge in [-0.05, 0) is 12.5 Å². The van der Waals surface area contributed by atoms with Crippen molar-refractivity contribution in [3.63, 3.8) is 0 Å². The molecule has 0 amide bonds. The summed E-state index contributed by atoms with van der Waals surface area (Å²) in [6.45, 7) is 0.353. The molecule has 19 nitrogen and oxygen atoms in total. The van der Waals surface area contributed by atoms with E-state index in [9.17, 15) is 33.6 Å². The number of aromatic amines is 1. The van der Waals surface area contributed by atoms with E-state index in [1.807, 2.05) is 4.98 Å². The highest BCUT2D eigenvalue weighted by Crippen LogP contribution is 2.66. The van der Waals surface area contributed by atoms with Gasteiger partial charge in [0.1, 0.15) is 12.3 Å². The molecule has 0 aliphatic carbocycles. The molecule has 0 bridgehead atoms. The number of azide groups is 1. The van der Waals surface area contributed by atoms with Crippen molar-refractivity contribution in [1.29, 1.82) is 5.16 Å². The van der Waals surface area contributed by atoms with Crippen LogP contribution < -0.4 is 11.2 Å². The average Bonchev–Trinajstić information content (AvgIpc) is 2.89. The van der Waals surface area contributed by atoms with E-state index in [1.54, 1.807) is 0 Å². The molecule has 1 aromatic rings. The van der Waals surface area contributed by atoms with Crippen LogP contribution in [0.5, 0.6) is 0 Å². The van der Waals surface area contributed by atoms with Crippen LogP contribution in [0.3, 0.4) is 0 Å². The van der Waals surface area contributed by atoms with Crippen molar-refractivity contribution in [3.05, 3.63) is 43.0 Å². The number of hydrogen-bond donors (Lipinski definition) is 7. The maximum atomic E-state index is 12.0. The fourth-order valence-corrected chi connectivity index (χ4v) is 5.64. The average molecular weight is 522 g/mol. The van der Waals surface area contributed by atoms with E-state index in [2.05, 4.69) is 23.2 Å². The monoisotopic (exact) mass is 522 g/mol. The van der Waals surface area contributed by atoms with Crippen molar-refractivity contribution in [3.8, 4) is 0 Å². The van der Waals surface area contributed by atoms with E-state index in [4.69, 9.17) is 25.2 Å². The van der Waals surface area contributed by atoms with Crippen molar-refractivity contribution in [1.82, 2.24) is 9.55 Å². The van der Waals surface area contributed by atoms with Gasteiger partial charge in [0, 0.05) is 23.1 Å². The summed E-state index contributed by atoms with van der Waals surface area (Å²) in [6.07, 6.45) is -2.44. The van der Waals surface area contributed by atoms with Crippen LogP contribution in [0.4, 0.5) is 0 Å². The number of H-pyrrole nitrogens is 1. The van der Waals surface area contributed by atoms with Gasteiger partial charge in [-0.2, -0.15) is 4.31 Å². The Hall–Kier alpha value is -1.68. The number of aliphatic hydroxyl groups is 1. The third kappa shape index (κ3) is 6.91. The second kappa shape index (κ2) is 9.29. The third-order valence-corrected chi connectivity index (χ3v) is 7.70. The molecule has 0 spiro atoms. The SMILES string of the molecule is Cc1cn([C@H]2C[C@@](O)(N=[N+]=[N-])[C@@H](COP(=N)(O)OP(=O)(O)OP(=O)(O)O)O2)c(=O)[nH]c1=O. The molecular formula is C10H17N6O13P3. The standard InChI is InChI=1S/C10H17N6O13P3/c1-5-3-16(9(18)13-8(5)17)7-2-10(19,14-15-11)6(27-7)4-26-30(12,20)28-32(24,25)29-31(21,22)23/h3,6-7,19H,2,4H2,1H3,(H2,12,20)(H,24,25)(H,13,17,18)(H2,21,22,23)/t6-,7-,10+,30?/m1/s1. The van der Waals surface area contributed by atoms with E-state index >= 15 is 0 Å². The zero-order valence-electron chi connectivity index (χ0n) is 15.8. The van der Waals surface area contributed by atoms with Gasteiger partial charge in [0.05, 0.1) is 6.61 Å². The summed E-state index contributed by atoms with van der Waals surface area (Å²) in [6, 6.07) is 0. The van der Waals surface area contributed by atoms with Crippen LogP contribution in [0.1, 0.15) is 18.2 Å². The van der Waals surface area contributed by atoms with Gasteiger partial charge in [-0.15, -0.1) is 0 Å². The number of ether oxygens (including phenoxy) is 1. The van der Waals surface area contributed by atoms with Crippen molar-refractivity contribution in [2.24, 2.45) is 5.11 Å². The molecule has 1 aromatic heterocycles. The van der Waals surface area contributed by atoms with E-state index in [-0.39, 0.29) is 5.56 Å². The molecule has 32 heavy (non-hydrogen) atoms. The van der Waals surface area contributed by atoms with Crippen molar-refractivity contribution in [2.75, 3.05) is 6.61 Å². The molecular weight excluding hydrogens is 505 g/mol. The van der Waals surface area contributed by atoms with Gasteiger partial charge in [-0.25, -0.2) is 23.4 Å². The Kier molecular flexibility index (Phi) is 7.71. The zero-order valence-corrected chi connectivity index (χ0v) is 18.5. The Balaban J connectivity index is 2.22. The molecule has 22 heteroatoms. The minimum atomic E-state index is -5.66. The van der Waals surface area contributed by atoms with Crippen LogP contribution in [-0.2, 0) is 27.0 Å². The van der Waals surface area contributed by atoms with Crippen LogP contribution in [0, 0.1) is 12.1 Å². The molecule has 0 saturated carbocycles. The maximum absolute atomic E-state index is 12.0. The van der Waals surface area contributed by atoms with Crippen LogP contribution in [0.2, 0.25) is 0 Å². The Bertz CT molecular complexity index is 1190. The lowest BCUT2D eigenvalue weighted by Gasteiger charge is -2.25. The van der Waals surface area contributed by atoms with E-state index in [1.165, 1.54) is 6.92 Å². The van der Waals surface area contributed by atoms with Crippen molar-refractivity contribution >= 4 is 23.4 Å². The van der Waals surface area contributed by atoms with Gasteiger partial charge < -0.3 is 29.4 Å². The highest BCUT2D eigenvalue weighted by molar-refractivity contribution is 7.66. The van der Waals surface area contributed by atoms with E-state index in [0.717, 1.165) is 10.8 Å². The zero-order chi connectivity index (χ0) is 24.5. The first-order valence-electron chi connectivity index (χ1n) is 8.05. The molecule has 2 rings (SSSR count). The Morgan fingerprint density at radius 3 is 2.56 bits per heavy atom. The lowest BCUT2D eigenvalue weighted by atomic mass is 10.1. The predicted octanol–water partition coefficient (Wildman–Crippen LogP) is -0.108. The van der Waals surface area contributed by atoms with Gasteiger partial charge in [0.15, 0.2) is 5.72 Å². The minimum Gasteiger partial charge on any atom is -0.381 e. The molecule has 1 saturated heterocycles. The summed E-state index contributed by atoms with van der Waals surface area (Å²) in [5.74, 6) is 0. The van der Waals surface area contributed by atoms with Crippen LogP contribution in [0.25, 0.3) is 10.4 Å². The quantitative estimate of drug-likeness (QED) is 0.0965. The molecule has 2 unspecified atom stereocenters. The smallest absolute Gasteiger partial charge is 0.381 e. The Labute approximate surface area is 176 Å². The second-order valence-corrected chi connectivity index (χ2v) is 10.8. The summed E-state index contributed by atoms with van der Waals surface area (Å²) in [4.78, 5) is 64.0. The van der Waals surface area contributed by atoms with Gasteiger partial charge in [-0.1, -0.05) is 5.11 Å². The molecule has 0 radical (unpaired) electrons. The molecule has 2 heterocycles. The van der Waals surface area contributed by atoms with Crippen LogP contribution in [-0.4, -0.2) is 52.7 Å².